The van der Waals surface area contributed by atoms with E-state index in [0.717, 1.165) is 16.7 Å². The van der Waals surface area contributed by atoms with E-state index in [0.29, 0.717) is 11.3 Å². The second-order valence-electron chi connectivity index (χ2n) is 6.45. The van der Waals surface area contributed by atoms with Crippen LogP contribution in [0.25, 0.3) is 16.9 Å². The van der Waals surface area contributed by atoms with Crippen molar-refractivity contribution in [3.63, 3.8) is 0 Å². The first-order chi connectivity index (χ1) is 14.0. The molecule has 0 aliphatic rings. The van der Waals surface area contributed by atoms with E-state index in [1.165, 1.54) is 27.6 Å². The lowest BCUT2D eigenvalue weighted by molar-refractivity contribution is 0.506. The predicted octanol–water partition coefficient (Wildman–Crippen LogP) is 2.86. The van der Waals surface area contributed by atoms with E-state index in [9.17, 15) is 18.4 Å². The second-order valence-corrected chi connectivity index (χ2v) is 6.45. The SMILES string of the molecule is C=CCn1c(=O)c2c(ncn2Cc2ccc(F)c(F)c2)n(-c2ccccc2)c1=O. The number of hydrogen-bond acceptors (Lipinski definition) is 3. The Labute approximate surface area is 163 Å². The Bertz CT molecular complexity index is 1340. The molecule has 0 amide bonds. The van der Waals surface area contributed by atoms with Crippen molar-refractivity contribution < 1.29 is 8.78 Å². The van der Waals surface area contributed by atoms with E-state index in [1.807, 2.05) is 6.07 Å². The average molecular weight is 394 g/mol. The number of benzene rings is 2. The maximum absolute atomic E-state index is 13.6. The molecule has 0 unspecified atom stereocenters. The van der Waals surface area contributed by atoms with Gasteiger partial charge in [0.2, 0.25) is 0 Å². The van der Waals surface area contributed by atoms with Crippen LogP contribution < -0.4 is 11.2 Å². The van der Waals surface area contributed by atoms with Crippen LogP contribution in [0.3, 0.4) is 0 Å². The molecule has 0 N–H and O–H groups in total. The minimum atomic E-state index is -0.975. The van der Waals surface area contributed by atoms with Crippen LogP contribution in [-0.4, -0.2) is 18.7 Å². The van der Waals surface area contributed by atoms with Crippen LogP contribution in [0.2, 0.25) is 0 Å². The molecule has 0 saturated carbocycles. The highest BCUT2D eigenvalue weighted by Crippen LogP contribution is 2.16. The minimum absolute atomic E-state index is 0.0246. The Hall–Kier alpha value is -3.81. The molecule has 0 fully saturated rings. The number of rotatable bonds is 5. The van der Waals surface area contributed by atoms with Gasteiger partial charge in [-0.15, -0.1) is 6.58 Å². The number of nitrogens with zero attached hydrogens (tertiary/aromatic N) is 4. The first-order valence-corrected chi connectivity index (χ1v) is 8.82. The molecule has 4 aromatic rings. The van der Waals surface area contributed by atoms with Gasteiger partial charge >= 0.3 is 5.69 Å². The fourth-order valence-electron chi connectivity index (χ4n) is 3.23. The highest BCUT2D eigenvalue weighted by atomic mass is 19.2. The van der Waals surface area contributed by atoms with Crippen LogP contribution in [0.5, 0.6) is 0 Å². The second kappa shape index (κ2) is 7.31. The quantitative estimate of drug-likeness (QED) is 0.489. The molecule has 0 radical (unpaired) electrons. The number of aromatic nitrogens is 4. The van der Waals surface area contributed by atoms with Gasteiger partial charge in [-0.05, 0) is 29.8 Å². The minimum Gasteiger partial charge on any atom is -0.320 e. The van der Waals surface area contributed by atoms with Gasteiger partial charge < -0.3 is 4.57 Å². The molecule has 0 aliphatic heterocycles. The van der Waals surface area contributed by atoms with Gasteiger partial charge in [-0.1, -0.05) is 30.3 Å². The van der Waals surface area contributed by atoms with Crippen LogP contribution in [0.1, 0.15) is 5.56 Å². The van der Waals surface area contributed by atoms with Crippen molar-refractivity contribution in [3.05, 3.63) is 106 Å². The fraction of sp³-hybridized carbons (Fsp3) is 0.0952. The third-order valence-corrected chi connectivity index (χ3v) is 4.56. The fourth-order valence-corrected chi connectivity index (χ4v) is 3.23. The molecule has 8 heteroatoms. The lowest BCUT2D eigenvalue weighted by Gasteiger charge is -2.12. The molecule has 0 atom stereocenters. The van der Waals surface area contributed by atoms with Crippen LogP contribution in [0.15, 0.2) is 77.1 Å². The molecule has 29 heavy (non-hydrogen) atoms. The largest absolute Gasteiger partial charge is 0.337 e. The summed E-state index contributed by atoms with van der Waals surface area (Å²) in [6.07, 6.45) is 2.87. The van der Waals surface area contributed by atoms with Gasteiger partial charge in [0.15, 0.2) is 22.8 Å². The summed E-state index contributed by atoms with van der Waals surface area (Å²) in [5.74, 6) is -1.92. The maximum Gasteiger partial charge on any atom is 0.337 e. The van der Waals surface area contributed by atoms with E-state index >= 15 is 0 Å². The Morgan fingerprint density at radius 3 is 2.48 bits per heavy atom. The van der Waals surface area contributed by atoms with E-state index in [1.54, 1.807) is 24.3 Å². The van der Waals surface area contributed by atoms with Gasteiger partial charge in [0, 0.05) is 13.1 Å². The first kappa shape index (κ1) is 18.5. The standard InChI is InChI=1S/C21H16F2N4O2/c1-2-10-26-20(28)18-19(27(21(26)29)15-6-4-3-5-7-15)24-13-25(18)12-14-8-9-16(22)17(23)11-14/h2-9,11,13H,1,10,12H2. The van der Waals surface area contributed by atoms with Crippen LogP contribution in [-0.2, 0) is 13.1 Å². The van der Waals surface area contributed by atoms with Gasteiger partial charge in [0.1, 0.15) is 0 Å². The molecule has 0 spiro atoms. The summed E-state index contributed by atoms with van der Waals surface area (Å²) < 4.78 is 30.7. The molecule has 2 aromatic carbocycles. The molecular formula is C21H16F2N4O2. The summed E-state index contributed by atoms with van der Waals surface area (Å²) in [4.78, 5) is 30.3. The first-order valence-electron chi connectivity index (χ1n) is 8.82. The number of halogens is 2. The van der Waals surface area contributed by atoms with E-state index < -0.39 is 22.9 Å². The average Bonchev–Trinajstić information content (AvgIpc) is 3.12. The molecular weight excluding hydrogens is 378 g/mol. The molecule has 146 valence electrons. The van der Waals surface area contributed by atoms with Crippen LogP contribution in [0.4, 0.5) is 8.78 Å². The molecule has 0 saturated heterocycles. The summed E-state index contributed by atoms with van der Waals surface area (Å²) in [5.41, 5.74) is 0.312. The summed E-state index contributed by atoms with van der Waals surface area (Å²) in [7, 11) is 0. The van der Waals surface area contributed by atoms with Gasteiger partial charge in [-0.2, -0.15) is 0 Å². The topological polar surface area (TPSA) is 61.8 Å². The number of fused-ring (bicyclic) bond motifs is 1. The number of allylic oxidation sites excluding steroid dienone is 1. The Balaban J connectivity index is 1.98. The van der Waals surface area contributed by atoms with Gasteiger partial charge in [-0.3, -0.25) is 9.36 Å². The normalized spacial score (nSPS) is 11.1. The van der Waals surface area contributed by atoms with E-state index in [-0.39, 0.29) is 24.3 Å². The Morgan fingerprint density at radius 2 is 1.79 bits per heavy atom. The highest BCUT2D eigenvalue weighted by molar-refractivity contribution is 5.72. The summed E-state index contributed by atoms with van der Waals surface area (Å²) in [6, 6.07) is 12.4. The van der Waals surface area contributed by atoms with Crippen molar-refractivity contribution >= 4 is 11.2 Å². The van der Waals surface area contributed by atoms with Crippen molar-refractivity contribution in [2.45, 2.75) is 13.1 Å². The van der Waals surface area contributed by atoms with Crippen molar-refractivity contribution in [2.75, 3.05) is 0 Å². The smallest absolute Gasteiger partial charge is 0.320 e. The Morgan fingerprint density at radius 1 is 1.03 bits per heavy atom. The molecule has 4 rings (SSSR count). The zero-order valence-electron chi connectivity index (χ0n) is 15.3. The van der Waals surface area contributed by atoms with E-state index in [4.69, 9.17) is 0 Å². The monoisotopic (exact) mass is 394 g/mol. The lowest BCUT2D eigenvalue weighted by atomic mass is 10.2. The summed E-state index contributed by atoms with van der Waals surface area (Å²) in [6.45, 7) is 3.72. The number of imidazole rings is 1. The maximum atomic E-state index is 13.6. The van der Waals surface area contributed by atoms with Gasteiger partial charge in [0.05, 0.1) is 12.0 Å². The zero-order chi connectivity index (χ0) is 20.5. The van der Waals surface area contributed by atoms with E-state index in [2.05, 4.69) is 11.6 Å². The number of para-hydroxylation sites is 1. The molecule has 2 heterocycles. The van der Waals surface area contributed by atoms with Crippen molar-refractivity contribution in [2.24, 2.45) is 0 Å². The number of hydrogen-bond donors (Lipinski definition) is 0. The third-order valence-electron chi connectivity index (χ3n) is 4.56. The molecule has 0 bridgehead atoms. The highest BCUT2D eigenvalue weighted by Gasteiger charge is 2.19. The van der Waals surface area contributed by atoms with Crippen molar-refractivity contribution in [3.8, 4) is 5.69 Å². The summed E-state index contributed by atoms with van der Waals surface area (Å²) in [5, 5.41) is 0. The molecule has 0 aliphatic carbocycles. The predicted molar refractivity (Wildman–Crippen MR) is 105 cm³/mol. The summed E-state index contributed by atoms with van der Waals surface area (Å²) >= 11 is 0. The van der Waals surface area contributed by atoms with Crippen molar-refractivity contribution in [1.82, 2.24) is 18.7 Å². The van der Waals surface area contributed by atoms with Gasteiger partial charge in [0.25, 0.3) is 5.56 Å². The van der Waals surface area contributed by atoms with Gasteiger partial charge in [-0.25, -0.2) is 23.1 Å². The van der Waals surface area contributed by atoms with Crippen molar-refractivity contribution in [1.29, 1.82) is 0 Å². The molecule has 2 aromatic heterocycles. The van der Waals surface area contributed by atoms with Crippen LogP contribution in [0, 0.1) is 11.6 Å². The zero-order valence-corrected chi connectivity index (χ0v) is 15.3. The lowest BCUT2D eigenvalue weighted by Crippen LogP contribution is -2.39. The third kappa shape index (κ3) is 3.18. The Kier molecular flexibility index (Phi) is 4.67. The van der Waals surface area contributed by atoms with Crippen LogP contribution >= 0.6 is 0 Å². The molecule has 6 nitrogen and oxygen atoms in total.